The number of hydrogen-bond donors (Lipinski definition) is 2. The molecule has 0 aliphatic carbocycles. The molecule has 15 heavy (non-hydrogen) atoms. The van der Waals surface area contributed by atoms with E-state index >= 15 is 0 Å². The van der Waals surface area contributed by atoms with Crippen molar-refractivity contribution >= 4 is 5.91 Å². The molecule has 1 fully saturated rings. The molecule has 0 radical (unpaired) electrons. The van der Waals surface area contributed by atoms with Crippen LogP contribution in [-0.4, -0.2) is 68.1 Å². The number of rotatable bonds is 3. The molecule has 1 rings (SSSR count). The maximum atomic E-state index is 11.3. The second kappa shape index (κ2) is 5.44. The molecule has 0 aromatic heterocycles. The summed E-state index contributed by atoms with van der Waals surface area (Å²) in [4.78, 5) is 15.9. The summed E-state index contributed by atoms with van der Waals surface area (Å²) in [6, 6.07) is -0.0249. The molecular formula is C10H22N4O. The van der Waals surface area contributed by atoms with E-state index in [-0.39, 0.29) is 5.91 Å². The number of carbonyl (C=O) groups is 1. The Kier molecular flexibility index (Phi) is 4.50. The molecular weight excluding hydrogens is 192 g/mol. The van der Waals surface area contributed by atoms with Gasteiger partial charge in [0.25, 0.3) is 0 Å². The van der Waals surface area contributed by atoms with Crippen LogP contribution in [0.1, 0.15) is 6.92 Å². The van der Waals surface area contributed by atoms with E-state index < -0.39 is 6.04 Å². The number of piperazine rings is 1. The first-order chi connectivity index (χ1) is 7.00. The topological polar surface area (TPSA) is 61.6 Å². The van der Waals surface area contributed by atoms with Crippen LogP contribution in [0.3, 0.4) is 0 Å². The maximum absolute atomic E-state index is 11.3. The zero-order chi connectivity index (χ0) is 11.4. The highest BCUT2D eigenvalue weighted by Crippen LogP contribution is 2.04. The van der Waals surface area contributed by atoms with Crippen LogP contribution in [0.15, 0.2) is 0 Å². The van der Waals surface area contributed by atoms with Gasteiger partial charge >= 0.3 is 0 Å². The fraction of sp³-hybridized carbons (Fsp3) is 0.900. The highest BCUT2D eigenvalue weighted by atomic mass is 16.2. The minimum absolute atomic E-state index is 0.0726. The van der Waals surface area contributed by atoms with Gasteiger partial charge in [0.1, 0.15) is 0 Å². The number of nitrogens with zero attached hydrogens (tertiary/aromatic N) is 2. The second-order valence-electron chi connectivity index (χ2n) is 4.43. The van der Waals surface area contributed by atoms with Crippen molar-refractivity contribution in [3.8, 4) is 0 Å². The number of carbonyl (C=O) groups excluding carboxylic acids is 1. The summed E-state index contributed by atoms with van der Waals surface area (Å²) in [7, 11) is 4.20. The van der Waals surface area contributed by atoms with Crippen molar-refractivity contribution in [3.05, 3.63) is 0 Å². The van der Waals surface area contributed by atoms with Gasteiger partial charge in [0.15, 0.2) is 0 Å². The Balaban J connectivity index is 2.33. The Labute approximate surface area is 91.6 Å². The molecule has 1 saturated heterocycles. The zero-order valence-corrected chi connectivity index (χ0v) is 9.86. The summed E-state index contributed by atoms with van der Waals surface area (Å²) in [5.74, 6) is -0.0726. The second-order valence-corrected chi connectivity index (χ2v) is 4.43. The molecule has 5 heteroatoms. The number of amides is 1. The van der Waals surface area contributed by atoms with Crippen LogP contribution >= 0.6 is 0 Å². The van der Waals surface area contributed by atoms with E-state index in [1.165, 1.54) is 0 Å². The summed E-state index contributed by atoms with van der Waals surface area (Å²) >= 11 is 0. The molecule has 0 aromatic rings. The van der Waals surface area contributed by atoms with Gasteiger partial charge in [-0.15, -0.1) is 0 Å². The van der Waals surface area contributed by atoms with Crippen LogP contribution in [0.2, 0.25) is 0 Å². The van der Waals surface area contributed by atoms with E-state index in [1.54, 1.807) is 6.92 Å². The summed E-state index contributed by atoms with van der Waals surface area (Å²) in [5, 5.41) is 2.87. The van der Waals surface area contributed by atoms with E-state index in [2.05, 4.69) is 29.2 Å². The number of likely N-dealkylation sites (N-methyl/N-ethyl adjacent to an activating group) is 2. The van der Waals surface area contributed by atoms with Crippen LogP contribution in [0, 0.1) is 0 Å². The first-order valence-corrected chi connectivity index (χ1v) is 5.42. The van der Waals surface area contributed by atoms with Crippen LogP contribution < -0.4 is 11.1 Å². The normalized spacial score (nSPS) is 26.3. The molecule has 0 aromatic carbocycles. The van der Waals surface area contributed by atoms with Gasteiger partial charge in [0, 0.05) is 32.2 Å². The molecule has 5 nitrogen and oxygen atoms in total. The fourth-order valence-electron chi connectivity index (χ4n) is 1.70. The van der Waals surface area contributed by atoms with Gasteiger partial charge in [0.05, 0.1) is 6.04 Å². The lowest BCUT2D eigenvalue weighted by Crippen LogP contribution is -2.55. The van der Waals surface area contributed by atoms with Crippen molar-refractivity contribution in [2.75, 3.05) is 40.3 Å². The van der Waals surface area contributed by atoms with Crippen molar-refractivity contribution in [2.45, 2.75) is 19.0 Å². The maximum Gasteiger partial charge on any atom is 0.236 e. The Morgan fingerprint density at radius 1 is 1.53 bits per heavy atom. The molecule has 1 aliphatic rings. The van der Waals surface area contributed by atoms with Crippen molar-refractivity contribution in [1.82, 2.24) is 15.1 Å². The summed E-state index contributed by atoms with van der Waals surface area (Å²) in [5.41, 5.74) is 5.48. The lowest BCUT2D eigenvalue weighted by molar-refractivity contribution is -0.122. The highest BCUT2D eigenvalue weighted by Gasteiger charge is 2.22. The predicted octanol–water partition coefficient (Wildman–Crippen LogP) is -1.30. The van der Waals surface area contributed by atoms with Crippen LogP contribution in [0.5, 0.6) is 0 Å². The smallest absolute Gasteiger partial charge is 0.236 e. The van der Waals surface area contributed by atoms with Crippen LogP contribution in [0.4, 0.5) is 0 Å². The van der Waals surface area contributed by atoms with Gasteiger partial charge in [-0.3, -0.25) is 9.69 Å². The first-order valence-electron chi connectivity index (χ1n) is 5.42. The quantitative estimate of drug-likeness (QED) is 0.613. The molecule has 2 atom stereocenters. The molecule has 88 valence electrons. The van der Waals surface area contributed by atoms with E-state index in [0.717, 1.165) is 19.6 Å². The Morgan fingerprint density at radius 2 is 2.20 bits per heavy atom. The molecule has 2 unspecified atom stereocenters. The van der Waals surface area contributed by atoms with Gasteiger partial charge in [-0.25, -0.2) is 0 Å². The fourth-order valence-corrected chi connectivity index (χ4v) is 1.70. The van der Waals surface area contributed by atoms with E-state index in [4.69, 9.17) is 5.73 Å². The minimum Gasteiger partial charge on any atom is -0.353 e. The van der Waals surface area contributed by atoms with Crippen molar-refractivity contribution in [1.29, 1.82) is 0 Å². The Morgan fingerprint density at radius 3 is 2.80 bits per heavy atom. The third-order valence-electron chi connectivity index (χ3n) is 2.91. The van der Waals surface area contributed by atoms with Gasteiger partial charge in [-0.1, -0.05) is 0 Å². The number of hydrogen-bond acceptors (Lipinski definition) is 4. The average molecular weight is 214 g/mol. The number of nitrogens with two attached hydrogens (primary N) is 1. The lowest BCUT2D eigenvalue weighted by Gasteiger charge is -2.37. The van der Waals surface area contributed by atoms with Crippen molar-refractivity contribution in [2.24, 2.45) is 5.73 Å². The van der Waals surface area contributed by atoms with Crippen LogP contribution in [0.25, 0.3) is 0 Å². The molecule has 0 spiro atoms. The lowest BCUT2D eigenvalue weighted by atomic mass is 10.2. The predicted molar refractivity (Wildman–Crippen MR) is 60.6 cm³/mol. The summed E-state index contributed by atoms with van der Waals surface area (Å²) < 4.78 is 0. The average Bonchev–Trinajstić information content (AvgIpc) is 2.18. The monoisotopic (exact) mass is 214 g/mol. The summed E-state index contributed by atoms with van der Waals surface area (Å²) in [6.07, 6.45) is 0. The van der Waals surface area contributed by atoms with E-state index in [0.29, 0.717) is 12.6 Å². The van der Waals surface area contributed by atoms with Gasteiger partial charge in [-0.05, 0) is 21.0 Å². The minimum atomic E-state index is -0.420. The largest absolute Gasteiger partial charge is 0.353 e. The van der Waals surface area contributed by atoms with E-state index in [9.17, 15) is 4.79 Å². The van der Waals surface area contributed by atoms with Crippen LogP contribution in [-0.2, 0) is 4.79 Å². The standard InChI is InChI=1S/C10H22N4O/c1-8(11)10(15)12-6-9-7-13(2)4-5-14(9)3/h8-9H,4-7,11H2,1-3H3,(H,12,15). The molecule has 1 amide bonds. The third-order valence-corrected chi connectivity index (χ3v) is 2.91. The van der Waals surface area contributed by atoms with Gasteiger partial charge < -0.3 is 16.0 Å². The Hall–Kier alpha value is -0.650. The molecule has 3 N–H and O–H groups in total. The third kappa shape index (κ3) is 3.77. The van der Waals surface area contributed by atoms with Gasteiger partial charge in [0.2, 0.25) is 5.91 Å². The van der Waals surface area contributed by atoms with Crippen molar-refractivity contribution in [3.63, 3.8) is 0 Å². The summed E-state index contributed by atoms with van der Waals surface area (Å²) in [6.45, 7) is 5.52. The van der Waals surface area contributed by atoms with Crippen molar-refractivity contribution < 1.29 is 4.79 Å². The number of nitrogens with one attached hydrogen (secondary N) is 1. The molecule has 1 heterocycles. The SMILES string of the molecule is CC(N)C(=O)NCC1CN(C)CCN1C. The first kappa shape index (κ1) is 12.4. The molecule has 0 bridgehead atoms. The van der Waals surface area contributed by atoms with E-state index in [1.807, 2.05) is 0 Å². The highest BCUT2D eigenvalue weighted by molar-refractivity contribution is 5.80. The van der Waals surface area contributed by atoms with Gasteiger partial charge in [-0.2, -0.15) is 0 Å². The molecule has 0 saturated carbocycles. The molecule has 1 aliphatic heterocycles. The zero-order valence-electron chi connectivity index (χ0n) is 9.86. The Bertz CT molecular complexity index is 219.